The first-order valence-electron chi connectivity index (χ1n) is 26.1. The van der Waals surface area contributed by atoms with Crippen molar-refractivity contribution >= 4 is 11.9 Å². The number of carbonyl (C=O) groups is 2. The molecule has 0 bridgehead atoms. The molecule has 0 saturated carbocycles. The van der Waals surface area contributed by atoms with E-state index in [0.717, 1.165) is 44.9 Å². The molecule has 1 amide bonds. The summed E-state index contributed by atoms with van der Waals surface area (Å²) in [6.45, 7) is 4.86. The van der Waals surface area contributed by atoms with E-state index in [1.807, 2.05) is 6.08 Å². The number of carbonyl (C=O) groups excluding carboxylic acids is 2. The fourth-order valence-electron chi connectivity index (χ4n) is 7.92. The van der Waals surface area contributed by atoms with Crippen molar-refractivity contribution < 1.29 is 24.5 Å². The summed E-state index contributed by atoms with van der Waals surface area (Å²) in [6.07, 6.45) is 57.5. The van der Waals surface area contributed by atoms with Crippen molar-refractivity contribution in [1.82, 2.24) is 5.32 Å². The molecule has 6 nitrogen and oxygen atoms in total. The molecule has 0 aromatic heterocycles. The van der Waals surface area contributed by atoms with Gasteiger partial charge in [0.15, 0.2) is 0 Å². The summed E-state index contributed by atoms with van der Waals surface area (Å²) < 4.78 is 5.45. The maximum absolute atomic E-state index is 12.4. The lowest BCUT2D eigenvalue weighted by Crippen LogP contribution is -2.45. The normalized spacial score (nSPS) is 12.8. The van der Waals surface area contributed by atoms with Crippen LogP contribution in [0.2, 0.25) is 0 Å². The molecule has 348 valence electrons. The zero-order chi connectivity index (χ0) is 43.0. The Labute approximate surface area is 367 Å². The van der Waals surface area contributed by atoms with E-state index in [9.17, 15) is 19.8 Å². The quantitative estimate of drug-likeness (QED) is 0.0322. The number of esters is 1. The van der Waals surface area contributed by atoms with Crippen molar-refractivity contribution in [2.45, 2.75) is 289 Å². The maximum Gasteiger partial charge on any atom is 0.305 e. The summed E-state index contributed by atoms with van der Waals surface area (Å²) in [5.74, 6) is -0.0832. The third kappa shape index (κ3) is 45.7. The first-order chi connectivity index (χ1) is 29.0. The molecule has 0 aliphatic heterocycles. The van der Waals surface area contributed by atoms with Crippen LogP contribution in [-0.2, 0) is 14.3 Å². The Bertz CT molecular complexity index is 920. The minimum Gasteiger partial charge on any atom is -0.466 e. The van der Waals surface area contributed by atoms with Gasteiger partial charge in [-0.2, -0.15) is 0 Å². The molecule has 0 aromatic carbocycles. The summed E-state index contributed by atoms with van der Waals surface area (Å²) >= 11 is 0. The van der Waals surface area contributed by atoms with Gasteiger partial charge in [0.05, 0.1) is 25.4 Å². The monoisotopic (exact) mass is 832 g/mol. The molecule has 6 heteroatoms. The first kappa shape index (κ1) is 57.3. The van der Waals surface area contributed by atoms with E-state index in [2.05, 4.69) is 31.3 Å². The predicted molar refractivity (Wildman–Crippen MR) is 255 cm³/mol. The third-order valence-corrected chi connectivity index (χ3v) is 12.0. The molecule has 59 heavy (non-hydrogen) atoms. The van der Waals surface area contributed by atoms with E-state index in [1.54, 1.807) is 6.08 Å². The Morgan fingerprint density at radius 2 is 0.797 bits per heavy atom. The fraction of sp³-hybridized carbons (Fsp3) is 0.887. The highest BCUT2D eigenvalue weighted by molar-refractivity contribution is 5.76. The number of allylic oxidation sites excluding steroid dienone is 3. The molecular weight excluding hydrogens is 731 g/mol. The van der Waals surface area contributed by atoms with Crippen molar-refractivity contribution in [2.24, 2.45) is 0 Å². The predicted octanol–water partition coefficient (Wildman–Crippen LogP) is 15.5. The first-order valence-corrected chi connectivity index (χ1v) is 26.1. The number of aliphatic hydroxyl groups excluding tert-OH is 2. The van der Waals surface area contributed by atoms with Gasteiger partial charge < -0.3 is 20.3 Å². The molecule has 3 N–H and O–H groups in total. The minimum atomic E-state index is -0.848. The standard InChI is InChI=1S/C53H101NO5/c1-3-5-7-9-11-13-15-17-22-25-29-33-37-41-45-51(56)50(49-55)54-52(57)46-42-38-34-30-26-23-20-18-19-21-24-28-32-36-40-44-48-59-53(58)47-43-39-35-31-27-16-14-12-10-8-6-4-2/h12,14,41,45,50-51,55-56H,3-11,13,15-40,42-44,46-49H2,1-2H3,(H,54,57)/b14-12-,45-41+. The summed E-state index contributed by atoms with van der Waals surface area (Å²) in [7, 11) is 0. The summed E-state index contributed by atoms with van der Waals surface area (Å²) in [6, 6.07) is -0.632. The second-order valence-corrected chi connectivity index (χ2v) is 17.9. The number of rotatable bonds is 48. The number of ether oxygens (including phenoxy) is 1. The Morgan fingerprint density at radius 3 is 1.24 bits per heavy atom. The van der Waals surface area contributed by atoms with Gasteiger partial charge in [0.25, 0.3) is 0 Å². The van der Waals surface area contributed by atoms with Gasteiger partial charge in [-0.25, -0.2) is 0 Å². The molecule has 2 atom stereocenters. The second-order valence-electron chi connectivity index (χ2n) is 17.9. The molecule has 0 saturated heterocycles. The van der Waals surface area contributed by atoms with Gasteiger partial charge in [-0.05, 0) is 57.8 Å². The Balaban J connectivity index is 3.46. The van der Waals surface area contributed by atoms with Gasteiger partial charge >= 0.3 is 5.97 Å². The largest absolute Gasteiger partial charge is 0.466 e. The van der Waals surface area contributed by atoms with Gasteiger partial charge in [0, 0.05) is 12.8 Å². The minimum absolute atomic E-state index is 0.00824. The van der Waals surface area contributed by atoms with Crippen LogP contribution in [0.25, 0.3) is 0 Å². The number of hydrogen-bond donors (Lipinski definition) is 3. The van der Waals surface area contributed by atoms with Crippen molar-refractivity contribution in [3.63, 3.8) is 0 Å². The molecule has 0 aliphatic rings. The SMILES string of the molecule is CCCCC/C=C\CCCCCCCC(=O)OCCCCCCCCCCCCCCCCCCC(=O)NC(CO)C(O)/C=C/CCCCCCCCCCCCCC. The van der Waals surface area contributed by atoms with Gasteiger partial charge in [-0.1, -0.05) is 231 Å². The topological polar surface area (TPSA) is 95.9 Å². The van der Waals surface area contributed by atoms with Gasteiger partial charge in [0.1, 0.15) is 0 Å². The van der Waals surface area contributed by atoms with Crippen molar-refractivity contribution in [3.8, 4) is 0 Å². The molecule has 0 fully saturated rings. The molecule has 0 spiro atoms. The van der Waals surface area contributed by atoms with Crippen LogP contribution >= 0.6 is 0 Å². The van der Waals surface area contributed by atoms with E-state index in [-0.39, 0.29) is 18.5 Å². The highest BCUT2D eigenvalue weighted by Crippen LogP contribution is 2.16. The zero-order valence-electron chi connectivity index (χ0n) is 39.5. The lowest BCUT2D eigenvalue weighted by atomic mass is 10.0. The number of nitrogens with one attached hydrogen (secondary N) is 1. The van der Waals surface area contributed by atoms with Crippen LogP contribution in [0.4, 0.5) is 0 Å². The van der Waals surface area contributed by atoms with Crippen LogP contribution in [-0.4, -0.2) is 47.4 Å². The van der Waals surface area contributed by atoms with Crippen LogP contribution in [0, 0.1) is 0 Å². The molecule has 0 radical (unpaired) electrons. The van der Waals surface area contributed by atoms with Gasteiger partial charge in [0.2, 0.25) is 5.91 Å². The second kappa shape index (κ2) is 49.0. The highest BCUT2D eigenvalue weighted by atomic mass is 16.5. The summed E-state index contributed by atoms with van der Waals surface area (Å²) in [4.78, 5) is 24.4. The van der Waals surface area contributed by atoms with Crippen LogP contribution in [0.5, 0.6) is 0 Å². The van der Waals surface area contributed by atoms with Crippen LogP contribution in [0.1, 0.15) is 277 Å². The average molecular weight is 832 g/mol. The Hall–Kier alpha value is -1.66. The van der Waals surface area contributed by atoms with Crippen LogP contribution < -0.4 is 5.32 Å². The number of unbranched alkanes of at least 4 members (excludes halogenated alkanes) is 35. The number of amides is 1. The van der Waals surface area contributed by atoms with Crippen molar-refractivity contribution in [3.05, 3.63) is 24.3 Å². The zero-order valence-corrected chi connectivity index (χ0v) is 39.5. The van der Waals surface area contributed by atoms with E-state index in [4.69, 9.17) is 4.74 Å². The highest BCUT2D eigenvalue weighted by Gasteiger charge is 2.18. The van der Waals surface area contributed by atoms with E-state index >= 15 is 0 Å². The number of hydrogen-bond acceptors (Lipinski definition) is 5. The molecule has 0 heterocycles. The Morgan fingerprint density at radius 1 is 0.458 bits per heavy atom. The summed E-state index contributed by atoms with van der Waals surface area (Å²) in [5.41, 5.74) is 0. The van der Waals surface area contributed by atoms with Crippen LogP contribution in [0.3, 0.4) is 0 Å². The third-order valence-electron chi connectivity index (χ3n) is 12.0. The van der Waals surface area contributed by atoms with E-state index in [0.29, 0.717) is 19.4 Å². The van der Waals surface area contributed by atoms with Crippen molar-refractivity contribution in [2.75, 3.05) is 13.2 Å². The Kier molecular flexibility index (Phi) is 47.6. The lowest BCUT2D eigenvalue weighted by molar-refractivity contribution is -0.143. The summed E-state index contributed by atoms with van der Waals surface area (Å²) in [5, 5.41) is 23.0. The van der Waals surface area contributed by atoms with Gasteiger partial charge in [-0.15, -0.1) is 0 Å². The smallest absolute Gasteiger partial charge is 0.305 e. The van der Waals surface area contributed by atoms with Gasteiger partial charge in [-0.3, -0.25) is 9.59 Å². The maximum atomic E-state index is 12.4. The lowest BCUT2D eigenvalue weighted by Gasteiger charge is -2.20. The fourth-order valence-corrected chi connectivity index (χ4v) is 7.92. The van der Waals surface area contributed by atoms with E-state index in [1.165, 1.54) is 205 Å². The molecule has 0 rings (SSSR count). The number of aliphatic hydroxyl groups is 2. The molecule has 0 aliphatic carbocycles. The van der Waals surface area contributed by atoms with Crippen molar-refractivity contribution in [1.29, 1.82) is 0 Å². The average Bonchev–Trinajstić information content (AvgIpc) is 3.24. The molecular formula is C53H101NO5. The van der Waals surface area contributed by atoms with Crippen LogP contribution in [0.15, 0.2) is 24.3 Å². The van der Waals surface area contributed by atoms with E-state index < -0.39 is 12.1 Å². The molecule has 2 unspecified atom stereocenters. The molecule has 0 aromatic rings.